The van der Waals surface area contributed by atoms with Crippen molar-refractivity contribution in [1.29, 1.82) is 0 Å². The van der Waals surface area contributed by atoms with Crippen molar-refractivity contribution in [3.8, 4) is 0 Å². The van der Waals surface area contributed by atoms with Gasteiger partial charge in [0.1, 0.15) is 12.1 Å². The van der Waals surface area contributed by atoms with Gasteiger partial charge in [-0.25, -0.2) is 18.4 Å². The van der Waals surface area contributed by atoms with Gasteiger partial charge in [0.05, 0.1) is 5.41 Å². The third-order valence-corrected chi connectivity index (χ3v) is 4.57. The van der Waals surface area contributed by atoms with Gasteiger partial charge < -0.3 is 9.84 Å². The van der Waals surface area contributed by atoms with Crippen LogP contribution >= 0.6 is 0 Å². The molecule has 0 aromatic heterocycles. The van der Waals surface area contributed by atoms with Crippen LogP contribution in [-0.4, -0.2) is 40.6 Å². The molecule has 7 heteroatoms. The minimum Gasteiger partial charge on any atom is -0.479 e. The Bertz CT molecular complexity index is 599. The van der Waals surface area contributed by atoms with Crippen molar-refractivity contribution in [2.24, 2.45) is 5.41 Å². The molecular formula is C15H15F2NO4. The largest absolute Gasteiger partial charge is 0.479 e. The number of carboxylic acid groups (broad SMARTS) is 1. The van der Waals surface area contributed by atoms with E-state index in [-0.39, 0.29) is 26.0 Å². The molecule has 3 aliphatic rings. The SMILES string of the molecule is O=C(OCc1ccccc1)N1CC2(C(F)F)CC1(C(=O)O)C2. The van der Waals surface area contributed by atoms with Crippen LogP contribution < -0.4 is 0 Å². The number of alkyl halides is 2. The maximum Gasteiger partial charge on any atom is 0.411 e. The zero-order chi connectivity index (χ0) is 16.0. The molecule has 0 radical (unpaired) electrons. The first-order valence-electron chi connectivity index (χ1n) is 6.90. The van der Waals surface area contributed by atoms with Gasteiger partial charge in [0, 0.05) is 6.54 Å². The predicted molar refractivity (Wildman–Crippen MR) is 71.4 cm³/mol. The third-order valence-electron chi connectivity index (χ3n) is 4.57. The fraction of sp³-hybridized carbons (Fsp3) is 0.467. The van der Waals surface area contributed by atoms with Gasteiger partial charge in [-0.3, -0.25) is 4.90 Å². The fourth-order valence-electron chi connectivity index (χ4n) is 3.41. The van der Waals surface area contributed by atoms with E-state index in [2.05, 4.69) is 0 Å². The molecule has 1 aromatic carbocycles. The molecule has 0 unspecified atom stereocenters. The van der Waals surface area contributed by atoms with Crippen LogP contribution in [0.3, 0.4) is 0 Å². The smallest absolute Gasteiger partial charge is 0.411 e. The molecule has 2 heterocycles. The molecule has 1 amide bonds. The highest BCUT2D eigenvalue weighted by Gasteiger charge is 2.74. The summed E-state index contributed by atoms with van der Waals surface area (Å²) in [4.78, 5) is 24.5. The first kappa shape index (κ1) is 14.7. The number of carbonyl (C=O) groups excluding carboxylic acids is 1. The molecule has 22 heavy (non-hydrogen) atoms. The van der Waals surface area contributed by atoms with E-state index in [0.717, 1.165) is 10.5 Å². The number of benzene rings is 1. The summed E-state index contributed by atoms with van der Waals surface area (Å²) in [6.07, 6.45) is -3.93. The molecule has 1 saturated carbocycles. The Morgan fingerprint density at radius 1 is 1.27 bits per heavy atom. The van der Waals surface area contributed by atoms with Crippen LogP contribution in [0.2, 0.25) is 0 Å². The highest BCUT2D eigenvalue weighted by atomic mass is 19.3. The second-order valence-electron chi connectivity index (χ2n) is 5.98. The van der Waals surface area contributed by atoms with E-state index in [4.69, 9.17) is 4.74 Å². The molecule has 0 spiro atoms. The Kier molecular flexibility index (Phi) is 3.30. The van der Waals surface area contributed by atoms with E-state index in [1.165, 1.54) is 0 Å². The lowest BCUT2D eigenvalue weighted by molar-refractivity contribution is -0.158. The molecule has 2 aliphatic heterocycles. The third kappa shape index (κ3) is 2.03. The van der Waals surface area contributed by atoms with Crippen LogP contribution in [0.5, 0.6) is 0 Å². The maximum absolute atomic E-state index is 13.1. The minimum absolute atomic E-state index is 0.0203. The van der Waals surface area contributed by atoms with Crippen LogP contribution in [-0.2, 0) is 16.1 Å². The van der Waals surface area contributed by atoms with Gasteiger partial charge in [-0.1, -0.05) is 30.3 Å². The fourth-order valence-corrected chi connectivity index (χ4v) is 3.41. The average Bonchev–Trinajstić information content (AvgIpc) is 2.98. The zero-order valence-electron chi connectivity index (χ0n) is 11.7. The highest BCUT2D eigenvalue weighted by Crippen LogP contribution is 2.62. The van der Waals surface area contributed by atoms with Crippen LogP contribution in [0.4, 0.5) is 13.6 Å². The molecule has 1 aromatic rings. The normalized spacial score (nSPS) is 29.3. The van der Waals surface area contributed by atoms with E-state index >= 15 is 0 Å². The maximum atomic E-state index is 13.1. The summed E-state index contributed by atoms with van der Waals surface area (Å²) < 4.78 is 31.3. The lowest BCUT2D eigenvalue weighted by Crippen LogP contribution is -2.58. The van der Waals surface area contributed by atoms with E-state index in [9.17, 15) is 23.5 Å². The van der Waals surface area contributed by atoms with Crippen molar-refractivity contribution >= 4 is 12.1 Å². The summed E-state index contributed by atoms with van der Waals surface area (Å²) in [6.45, 7) is -0.294. The number of nitrogens with zero attached hydrogens (tertiary/aromatic N) is 1. The Labute approximate surface area is 125 Å². The van der Waals surface area contributed by atoms with E-state index < -0.39 is 29.4 Å². The summed E-state index contributed by atoms with van der Waals surface area (Å²) in [6, 6.07) is 8.88. The number of carboxylic acids is 1. The van der Waals surface area contributed by atoms with Crippen LogP contribution in [0.1, 0.15) is 18.4 Å². The number of rotatable bonds is 4. The minimum atomic E-state index is -2.65. The van der Waals surface area contributed by atoms with Crippen molar-refractivity contribution in [3.05, 3.63) is 35.9 Å². The quantitative estimate of drug-likeness (QED) is 0.928. The summed E-state index contributed by atoms with van der Waals surface area (Å²) in [7, 11) is 0. The standard InChI is InChI=1S/C15H15F2NO4/c16-11(17)14-7-15(8-14,12(19)20)18(9-14)13(21)22-6-10-4-2-1-3-5-10/h1-5,11H,6-9H2,(H,19,20). The van der Waals surface area contributed by atoms with Crippen molar-refractivity contribution in [3.63, 3.8) is 0 Å². The Balaban J connectivity index is 1.71. The van der Waals surface area contributed by atoms with E-state index in [1.807, 2.05) is 6.07 Å². The molecule has 118 valence electrons. The first-order chi connectivity index (χ1) is 10.4. The molecule has 1 aliphatic carbocycles. The summed E-state index contributed by atoms with van der Waals surface area (Å²) >= 11 is 0. The van der Waals surface area contributed by atoms with Gasteiger partial charge in [0.15, 0.2) is 0 Å². The number of amides is 1. The van der Waals surface area contributed by atoms with Crippen molar-refractivity contribution in [2.45, 2.75) is 31.4 Å². The predicted octanol–water partition coefficient (Wildman–Crippen LogP) is 2.51. The highest BCUT2D eigenvalue weighted by molar-refractivity contribution is 5.87. The lowest BCUT2D eigenvalue weighted by Gasteiger charge is -2.43. The van der Waals surface area contributed by atoms with Crippen LogP contribution in [0.15, 0.2) is 30.3 Å². The second-order valence-corrected chi connectivity index (χ2v) is 5.98. The second kappa shape index (κ2) is 4.93. The number of carbonyl (C=O) groups is 2. The van der Waals surface area contributed by atoms with Crippen LogP contribution in [0, 0.1) is 5.41 Å². The van der Waals surface area contributed by atoms with E-state index in [0.29, 0.717) is 0 Å². The Morgan fingerprint density at radius 2 is 1.91 bits per heavy atom. The molecule has 0 atom stereocenters. The molecule has 2 saturated heterocycles. The Morgan fingerprint density at radius 3 is 2.45 bits per heavy atom. The van der Waals surface area contributed by atoms with Gasteiger partial charge >= 0.3 is 12.1 Å². The van der Waals surface area contributed by atoms with Crippen LogP contribution in [0.25, 0.3) is 0 Å². The average molecular weight is 311 g/mol. The van der Waals surface area contributed by atoms with Crippen molar-refractivity contribution in [1.82, 2.24) is 4.90 Å². The number of fused-ring (bicyclic) bond motifs is 1. The Hall–Kier alpha value is -2.18. The molecule has 4 rings (SSSR count). The summed E-state index contributed by atoms with van der Waals surface area (Å²) in [5.41, 5.74) is -2.19. The topological polar surface area (TPSA) is 66.8 Å². The lowest BCUT2D eigenvalue weighted by atomic mass is 9.62. The van der Waals surface area contributed by atoms with Gasteiger partial charge in [0.2, 0.25) is 6.43 Å². The van der Waals surface area contributed by atoms with Gasteiger partial charge in [-0.15, -0.1) is 0 Å². The summed E-state index contributed by atoms with van der Waals surface area (Å²) in [5, 5.41) is 9.32. The molecule has 3 fully saturated rings. The number of aliphatic carboxylic acids is 1. The van der Waals surface area contributed by atoms with Crippen molar-refractivity contribution in [2.75, 3.05) is 6.54 Å². The molecule has 1 N–H and O–H groups in total. The monoisotopic (exact) mass is 311 g/mol. The zero-order valence-corrected chi connectivity index (χ0v) is 11.7. The number of halogens is 2. The molecule has 5 nitrogen and oxygen atoms in total. The number of hydrogen-bond donors (Lipinski definition) is 1. The van der Waals surface area contributed by atoms with Gasteiger partial charge in [-0.2, -0.15) is 0 Å². The number of hydrogen-bond acceptors (Lipinski definition) is 3. The molecule has 2 bridgehead atoms. The van der Waals surface area contributed by atoms with Crippen molar-refractivity contribution < 1.29 is 28.2 Å². The number of ether oxygens (including phenoxy) is 1. The molecular weight excluding hydrogens is 296 g/mol. The summed E-state index contributed by atoms with van der Waals surface area (Å²) in [5.74, 6) is -1.25. The first-order valence-corrected chi connectivity index (χ1v) is 6.90. The van der Waals surface area contributed by atoms with Gasteiger partial charge in [0.25, 0.3) is 0 Å². The van der Waals surface area contributed by atoms with E-state index in [1.54, 1.807) is 24.3 Å². The van der Waals surface area contributed by atoms with Gasteiger partial charge in [-0.05, 0) is 18.4 Å².